The van der Waals surface area contributed by atoms with Gasteiger partial charge in [-0.15, -0.1) is 0 Å². The molecule has 0 unspecified atom stereocenters. The number of hydrogen-bond donors (Lipinski definition) is 0. The van der Waals surface area contributed by atoms with Crippen molar-refractivity contribution in [3.05, 3.63) is 52.1 Å². The number of benzene rings is 1. The average Bonchev–Trinajstić information content (AvgIpc) is 2.19. The lowest BCUT2D eigenvalue weighted by molar-refractivity contribution is -0.384. The van der Waals surface area contributed by atoms with Crippen LogP contribution in [0.2, 0.25) is 0 Å². The highest BCUT2D eigenvalue weighted by atomic mass is 16.6. The van der Waals surface area contributed by atoms with Crippen LogP contribution >= 0.6 is 0 Å². The molecule has 0 atom stereocenters. The Balaban J connectivity index is 2.68. The first-order valence-electron chi connectivity index (χ1n) is 4.07. The largest absolute Gasteiger partial charge is 0.299 e. The normalized spacial score (nSPS) is 10.3. The Morgan fingerprint density at radius 2 is 1.93 bits per heavy atom. The monoisotopic (exact) mass is 191 g/mol. The molecule has 0 saturated carbocycles. The molecule has 0 saturated heterocycles. The van der Waals surface area contributed by atoms with Crippen LogP contribution in [0.4, 0.5) is 5.69 Å². The maximum atomic E-state index is 10.3. The van der Waals surface area contributed by atoms with E-state index in [2.05, 4.69) is 0 Å². The number of nitrogens with zero attached hydrogens (tertiary/aromatic N) is 1. The third kappa shape index (κ3) is 2.82. The maximum Gasteiger partial charge on any atom is 0.269 e. The summed E-state index contributed by atoms with van der Waals surface area (Å²) in [5.41, 5.74) is 1.02. The van der Waals surface area contributed by atoms with E-state index in [-0.39, 0.29) is 5.69 Å². The lowest BCUT2D eigenvalue weighted by atomic mass is 10.1. The van der Waals surface area contributed by atoms with Crippen molar-refractivity contribution in [3.8, 4) is 0 Å². The van der Waals surface area contributed by atoms with Gasteiger partial charge in [-0.3, -0.25) is 14.9 Å². The van der Waals surface area contributed by atoms with E-state index in [4.69, 9.17) is 0 Å². The third-order valence-corrected chi connectivity index (χ3v) is 1.72. The van der Waals surface area contributed by atoms with E-state index in [0.717, 1.165) is 5.56 Å². The number of hydrogen-bond acceptors (Lipinski definition) is 3. The fourth-order valence-corrected chi connectivity index (χ4v) is 1.01. The zero-order chi connectivity index (χ0) is 10.4. The van der Waals surface area contributed by atoms with Crippen LogP contribution < -0.4 is 0 Å². The van der Waals surface area contributed by atoms with Crippen molar-refractivity contribution in [1.82, 2.24) is 0 Å². The Morgan fingerprint density at radius 1 is 1.29 bits per heavy atom. The van der Waals surface area contributed by atoms with Crippen LogP contribution in [0.1, 0.15) is 5.56 Å². The van der Waals surface area contributed by atoms with Crippen molar-refractivity contribution in [3.63, 3.8) is 0 Å². The summed E-state index contributed by atoms with van der Waals surface area (Å²) < 4.78 is 0. The molecule has 0 bridgehead atoms. The molecule has 0 fully saturated rings. The molecule has 0 aliphatic heterocycles. The van der Waals surface area contributed by atoms with Crippen molar-refractivity contribution in [1.29, 1.82) is 0 Å². The van der Waals surface area contributed by atoms with Crippen molar-refractivity contribution in [2.75, 3.05) is 0 Å². The molecule has 14 heavy (non-hydrogen) atoms. The molecule has 0 spiro atoms. The van der Waals surface area contributed by atoms with E-state index in [0.29, 0.717) is 12.7 Å². The Bertz CT molecular complexity index is 354. The molecule has 1 aromatic carbocycles. The van der Waals surface area contributed by atoms with Crippen LogP contribution in [0.15, 0.2) is 36.4 Å². The third-order valence-electron chi connectivity index (χ3n) is 1.72. The molecule has 72 valence electrons. The fourth-order valence-electron chi connectivity index (χ4n) is 1.01. The standard InChI is InChI=1S/C10H9NO3/c12-8-2-1-3-9-4-6-10(7-5-9)11(13)14/h1-2,4-8H,3H2. The molecule has 0 N–H and O–H groups in total. The van der Waals surface area contributed by atoms with E-state index in [9.17, 15) is 14.9 Å². The quantitative estimate of drug-likeness (QED) is 0.316. The van der Waals surface area contributed by atoms with Gasteiger partial charge in [-0.2, -0.15) is 0 Å². The van der Waals surface area contributed by atoms with Crippen molar-refractivity contribution in [2.45, 2.75) is 6.42 Å². The molecule has 0 radical (unpaired) electrons. The molecule has 4 nitrogen and oxygen atoms in total. The van der Waals surface area contributed by atoms with Gasteiger partial charge in [0.15, 0.2) is 0 Å². The summed E-state index contributed by atoms with van der Waals surface area (Å²) in [6, 6.07) is 6.24. The second-order valence-corrected chi connectivity index (χ2v) is 2.69. The molecule has 1 aromatic rings. The summed E-state index contributed by atoms with van der Waals surface area (Å²) in [4.78, 5) is 19.8. The van der Waals surface area contributed by atoms with Gasteiger partial charge in [0, 0.05) is 12.1 Å². The summed E-state index contributed by atoms with van der Waals surface area (Å²) in [6.07, 6.45) is 4.41. The van der Waals surface area contributed by atoms with Gasteiger partial charge < -0.3 is 0 Å². The van der Waals surface area contributed by atoms with Crippen LogP contribution in [-0.4, -0.2) is 11.2 Å². The summed E-state index contributed by atoms with van der Waals surface area (Å²) in [7, 11) is 0. The van der Waals surface area contributed by atoms with Crippen LogP contribution in [0.3, 0.4) is 0 Å². The highest BCUT2D eigenvalue weighted by Gasteiger charge is 2.02. The lowest BCUT2D eigenvalue weighted by Crippen LogP contribution is -1.88. The van der Waals surface area contributed by atoms with E-state index >= 15 is 0 Å². The van der Waals surface area contributed by atoms with E-state index in [1.165, 1.54) is 18.2 Å². The van der Waals surface area contributed by atoms with Gasteiger partial charge in [0.1, 0.15) is 6.29 Å². The number of nitro benzene ring substituents is 1. The molecular formula is C10H9NO3. The number of carbonyl (C=O) groups excluding carboxylic acids is 1. The number of allylic oxidation sites excluding steroid dienone is 2. The van der Waals surface area contributed by atoms with Crippen molar-refractivity contribution >= 4 is 12.0 Å². The highest BCUT2D eigenvalue weighted by Crippen LogP contribution is 2.12. The molecule has 1 rings (SSSR count). The number of aldehydes is 1. The minimum Gasteiger partial charge on any atom is -0.299 e. The van der Waals surface area contributed by atoms with Crippen molar-refractivity contribution in [2.24, 2.45) is 0 Å². The highest BCUT2D eigenvalue weighted by molar-refractivity contribution is 5.64. The first kappa shape index (κ1) is 10.1. The zero-order valence-corrected chi connectivity index (χ0v) is 7.42. The minimum atomic E-state index is -0.439. The van der Waals surface area contributed by atoms with Crippen LogP contribution in [0.5, 0.6) is 0 Å². The minimum absolute atomic E-state index is 0.0770. The first-order valence-corrected chi connectivity index (χ1v) is 4.07. The second kappa shape index (κ2) is 4.91. The molecule has 0 amide bonds. The Kier molecular flexibility index (Phi) is 3.55. The summed E-state index contributed by atoms with van der Waals surface area (Å²) in [5, 5.41) is 10.3. The Morgan fingerprint density at radius 3 is 2.43 bits per heavy atom. The van der Waals surface area contributed by atoms with Crippen LogP contribution in [0.25, 0.3) is 0 Å². The summed E-state index contributed by atoms with van der Waals surface area (Å²) in [5.74, 6) is 0. The molecular weight excluding hydrogens is 182 g/mol. The van der Waals surface area contributed by atoms with Gasteiger partial charge in [-0.25, -0.2) is 0 Å². The smallest absolute Gasteiger partial charge is 0.269 e. The zero-order valence-electron chi connectivity index (χ0n) is 7.42. The number of carbonyl (C=O) groups is 1. The molecule has 0 heterocycles. The van der Waals surface area contributed by atoms with E-state index in [1.807, 2.05) is 0 Å². The lowest BCUT2D eigenvalue weighted by Gasteiger charge is -1.94. The van der Waals surface area contributed by atoms with Gasteiger partial charge in [-0.1, -0.05) is 18.2 Å². The van der Waals surface area contributed by atoms with Crippen LogP contribution in [-0.2, 0) is 11.2 Å². The van der Waals surface area contributed by atoms with Crippen molar-refractivity contribution < 1.29 is 9.72 Å². The molecule has 0 aliphatic carbocycles. The topological polar surface area (TPSA) is 60.2 Å². The Hall–Kier alpha value is -1.97. The predicted molar refractivity (Wildman–Crippen MR) is 52.0 cm³/mol. The average molecular weight is 191 g/mol. The van der Waals surface area contributed by atoms with E-state index in [1.54, 1.807) is 18.2 Å². The summed E-state index contributed by atoms with van der Waals surface area (Å²) in [6.45, 7) is 0. The van der Waals surface area contributed by atoms with E-state index < -0.39 is 4.92 Å². The molecule has 0 aliphatic rings. The summed E-state index contributed by atoms with van der Waals surface area (Å²) >= 11 is 0. The van der Waals surface area contributed by atoms with Gasteiger partial charge in [0.25, 0.3) is 5.69 Å². The van der Waals surface area contributed by atoms with Gasteiger partial charge in [-0.05, 0) is 18.1 Å². The van der Waals surface area contributed by atoms with Gasteiger partial charge in [0.2, 0.25) is 0 Å². The predicted octanol–water partition coefficient (Wildman–Crippen LogP) is 1.89. The van der Waals surface area contributed by atoms with Gasteiger partial charge in [0.05, 0.1) is 4.92 Å². The fraction of sp³-hybridized carbons (Fsp3) is 0.100. The SMILES string of the molecule is O=CC=CCc1ccc([N+](=O)[O-])cc1. The number of nitro groups is 1. The number of non-ortho nitro benzene ring substituents is 1. The van der Waals surface area contributed by atoms with Crippen LogP contribution in [0, 0.1) is 10.1 Å². The second-order valence-electron chi connectivity index (χ2n) is 2.69. The Labute approximate surface area is 81.0 Å². The van der Waals surface area contributed by atoms with Gasteiger partial charge >= 0.3 is 0 Å². The molecule has 4 heteroatoms. The number of rotatable bonds is 4. The first-order chi connectivity index (χ1) is 6.74. The maximum absolute atomic E-state index is 10.3. The molecule has 0 aromatic heterocycles.